The van der Waals surface area contributed by atoms with Crippen LogP contribution in [-0.2, 0) is 11.8 Å². The summed E-state index contributed by atoms with van der Waals surface area (Å²) in [5.41, 5.74) is -0.409. The van der Waals surface area contributed by atoms with Gasteiger partial charge in [0.2, 0.25) is 11.5 Å². The second-order valence-corrected chi connectivity index (χ2v) is 7.58. The molecule has 3 N–H and O–H groups in total. The van der Waals surface area contributed by atoms with Gasteiger partial charge in [0.25, 0.3) is 11.8 Å². The number of aliphatic hydroxyl groups is 1. The van der Waals surface area contributed by atoms with Gasteiger partial charge in [-0.3, -0.25) is 0 Å². The minimum absolute atomic E-state index is 0.108. The van der Waals surface area contributed by atoms with E-state index in [1.807, 2.05) is 0 Å². The fourth-order valence-electron chi connectivity index (χ4n) is 3.22. The summed E-state index contributed by atoms with van der Waals surface area (Å²) in [6, 6.07) is 0.488. The number of ether oxygens (including phenoxy) is 1. The Morgan fingerprint density at radius 1 is 1.16 bits per heavy atom. The Bertz CT molecular complexity index is 986. The van der Waals surface area contributed by atoms with E-state index in [9.17, 15) is 31.4 Å². The van der Waals surface area contributed by atoms with Crippen molar-refractivity contribution in [2.24, 2.45) is 0 Å². The molecule has 7 nitrogen and oxygen atoms in total. The van der Waals surface area contributed by atoms with Crippen LogP contribution in [0, 0.1) is 0 Å². The number of rotatable bonds is 0. The number of nitrogens with two attached hydrogens (primary N) is 1. The van der Waals surface area contributed by atoms with Crippen molar-refractivity contribution in [2.75, 3.05) is 5.73 Å². The van der Waals surface area contributed by atoms with Crippen molar-refractivity contribution in [1.29, 1.82) is 0 Å². The van der Waals surface area contributed by atoms with E-state index in [2.05, 4.69) is 15.2 Å². The summed E-state index contributed by atoms with van der Waals surface area (Å²) < 4.78 is 91.8. The van der Waals surface area contributed by atoms with E-state index >= 15 is 0 Å². The first kappa shape index (κ1) is 24.2. The predicted molar refractivity (Wildman–Crippen MR) is 99.8 cm³/mol. The molecule has 0 saturated carbocycles. The smallest absolute Gasteiger partial charge is 0.426 e. The van der Waals surface area contributed by atoms with Crippen LogP contribution in [0.2, 0.25) is 11.6 Å². The Labute approximate surface area is 180 Å². The molecule has 2 aromatic heterocycles. The third kappa shape index (κ3) is 4.52. The molecule has 0 fully saturated rings. The lowest BCUT2D eigenvalue weighted by molar-refractivity contribution is -0.277. The third-order valence-electron chi connectivity index (χ3n) is 5.08. The summed E-state index contributed by atoms with van der Waals surface area (Å²) in [6.45, 7) is 1.40. The first-order valence-electron chi connectivity index (χ1n) is 9.32. The highest BCUT2D eigenvalue weighted by molar-refractivity contribution is 6.21. The summed E-state index contributed by atoms with van der Waals surface area (Å²) in [5.74, 6) is -4.90. The molecule has 0 amide bonds. The molecule has 2 unspecified atom stereocenters. The number of anilines is 1. The topological polar surface area (TPSA) is 107 Å². The van der Waals surface area contributed by atoms with Gasteiger partial charge in [-0.2, -0.15) is 26.3 Å². The molecule has 0 aromatic carbocycles. The van der Waals surface area contributed by atoms with Crippen LogP contribution >= 0.6 is 0 Å². The van der Waals surface area contributed by atoms with Gasteiger partial charge in [0, 0.05) is 0 Å². The second kappa shape index (κ2) is 8.16. The second-order valence-electron chi connectivity index (χ2n) is 7.58. The first-order valence-corrected chi connectivity index (χ1v) is 9.32. The van der Waals surface area contributed by atoms with Gasteiger partial charge in [-0.25, -0.2) is 4.98 Å². The zero-order valence-corrected chi connectivity index (χ0v) is 16.5. The van der Waals surface area contributed by atoms with Crippen molar-refractivity contribution < 1.29 is 40.6 Å². The molecular weight excluding hydrogens is 444 g/mol. The van der Waals surface area contributed by atoms with Crippen LogP contribution in [0.5, 0.6) is 5.88 Å². The maximum Gasteiger partial charge on any atom is 0.426 e. The number of nitrogen functional groups attached to an aromatic ring is 1. The largest absolute Gasteiger partial charge is 0.474 e. The molecule has 170 valence electrons. The van der Waals surface area contributed by atoms with E-state index in [0.29, 0.717) is 6.07 Å². The van der Waals surface area contributed by atoms with Gasteiger partial charge in [0.1, 0.15) is 5.56 Å². The van der Waals surface area contributed by atoms with Crippen LogP contribution in [-0.4, -0.2) is 48.3 Å². The van der Waals surface area contributed by atoms with Gasteiger partial charge < -0.3 is 20.0 Å². The van der Waals surface area contributed by atoms with Crippen molar-refractivity contribution in [3.05, 3.63) is 17.5 Å². The normalized spacial score (nSPS) is 27.4. The number of hydrogen-bond donors (Lipinski definition) is 2. The zero-order valence-electron chi connectivity index (χ0n) is 16.5. The number of pyridine rings is 1. The third-order valence-corrected chi connectivity index (χ3v) is 5.08. The van der Waals surface area contributed by atoms with Crippen LogP contribution in [0.15, 0.2) is 10.5 Å². The molecule has 3 rings (SSSR count). The maximum atomic E-state index is 13.7. The average Bonchev–Trinajstić information content (AvgIpc) is 3.14. The van der Waals surface area contributed by atoms with E-state index in [0.717, 1.165) is 0 Å². The summed E-state index contributed by atoms with van der Waals surface area (Å²) in [4.78, 5) is 3.68. The summed E-state index contributed by atoms with van der Waals surface area (Å²) in [5, 5.41) is 17.0. The molecule has 0 saturated heterocycles. The van der Waals surface area contributed by atoms with E-state index in [4.69, 9.17) is 30.6 Å². The van der Waals surface area contributed by atoms with Crippen molar-refractivity contribution >= 4 is 21.4 Å². The van der Waals surface area contributed by atoms with Gasteiger partial charge in [0.05, 0.1) is 27.5 Å². The maximum absolute atomic E-state index is 13.7. The Balaban J connectivity index is 2.21. The number of halogens is 6. The Morgan fingerprint density at radius 3 is 2.41 bits per heavy atom. The van der Waals surface area contributed by atoms with Gasteiger partial charge in [0.15, 0.2) is 5.69 Å². The van der Waals surface area contributed by atoms with Crippen LogP contribution < -0.4 is 10.5 Å². The molecule has 0 aliphatic carbocycles. The van der Waals surface area contributed by atoms with E-state index in [1.54, 1.807) is 0 Å². The number of nitrogens with zero attached hydrogens (tertiary/aromatic N) is 3. The quantitative estimate of drug-likeness (QED) is 0.459. The lowest BCUT2D eigenvalue weighted by atomic mass is 9.62. The van der Waals surface area contributed by atoms with Crippen LogP contribution in [0.1, 0.15) is 37.6 Å². The van der Waals surface area contributed by atoms with Crippen LogP contribution in [0.4, 0.5) is 32.0 Å². The summed E-state index contributed by atoms with van der Waals surface area (Å²) >= 11 is 0. The SMILES string of the molecule is [B]C1CC[C@](O)(C(F)(F)F)c2nnc(o2)-c2nc(c(C(F)(F)F)cc2N)O[C@H](C)CC1[B]. The van der Waals surface area contributed by atoms with Crippen LogP contribution in [0.3, 0.4) is 0 Å². The molecule has 0 spiro atoms. The molecular formula is C17H16B2F6N4O3. The summed E-state index contributed by atoms with van der Waals surface area (Å²) in [6.07, 6.45) is -12.6. The van der Waals surface area contributed by atoms with E-state index in [1.165, 1.54) is 6.92 Å². The average molecular weight is 460 g/mol. The number of hydrogen-bond acceptors (Lipinski definition) is 7. The number of fused-ring (bicyclic) bond motifs is 5. The minimum atomic E-state index is -5.24. The van der Waals surface area contributed by atoms with Crippen molar-refractivity contribution in [1.82, 2.24) is 15.2 Å². The van der Waals surface area contributed by atoms with Gasteiger partial charge in [-0.1, -0.05) is 18.1 Å². The van der Waals surface area contributed by atoms with Gasteiger partial charge >= 0.3 is 12.4 Å². The lowest BCUT2D eigenvalue weighted by Crippen LogP contribution is -2.43. The highest BCUT2D eigenvalue weighted by Gasteiger charge is 2.58. The van der Waals surface area contributed by atoms with E-state index < -0.39 is 83.1 Å². The molecule has 1 aliphatic heterocycles. The monoisotopic (exact) mass is 460 g/mol. The standard InChI is InChI=1S/C17H16B2F6N4O3/c1-6-4-9(19)8(18)2-3-15(30,17(23,24)25)14-29-28-13(32-14)11-10(26)5-7(16(20,21)22)12(27-11)31-6/h5-6,8-9,30H,2-4,26H2,1H3/t6-,8?,9?,15-/m1/s1. The van der Waals surface area contributed by atoms with Crippen molar-refractivity contribution in [3.63, 3.8) is 0 Å². The van der Waals surface area contributed by atoms with Crippen molar-refractivity contribution in [2.45, 2.75) is 61.9 Å². The molecule has 15 heteroatoms. The molecule has 32 heavy (non-hydrogen) atoms. The van der Waals surface area contributed by atoms with Gasteiger partial charge in [-0.15, -0.1) is 10.2 Å². The molecule has 1 aliphatic rings. The van der Waals surface area contributed by atoms with Gasteiger partial charge in [-0.05, 0) is 25.8 Å². The predicted octanol–water partition coefficient (Wildman–Crippen LogP) is 3.35. The molecule has 2 aromatic rings. The summed E-state index contributed by atoms with van der Waals surface area (Å²) in [7, 11) is 11.8. The van der Waals surface area contributed by atoms with Crippen molar-refractivity contribution in [3.8, 4) is 17.5 Å². The number of alkyl halides is 6. The highest BCUT2D eigenvalue weighted by Crippen LogP contribution is 2.46. The minimum Gasteiger partial charge on any atom is -0.474 e. The van der Waals surface area contributed by atoms with E-state index in [-0.39, 0.29) is 6.42 Å². The number of aromatic nitrogens is 3. The zero-order chi connectivity index (χ0) is 24.1. The molecule has 4 bridgehead atoms. The Morgan fingerprint density at radius 2 is 1.81 bits per heavy atom. The molecule has 3 heterocycles. The fraction of sp³-hybridized carbons (Fsp3) is 0.588. The Hall–Kier alpha value is -2.44. The first-order chi connectivity index (χ1) is 14.6. The fourth-order valence-corrected chi connectivity index (χ4v) is 3.22. The highest BCUT2D eigenvalue weighted by atomic mass is 19.4. The van der Waals surface area contributed by atoms with Crippen LogP contribution in [0.25, 0.3) is 11.6 Å². The molecule has 4 radical (unpaired) electrons. The molecule has 4 atom stereocenters. The lowest BCUT2D eigenvalue weighted by Gasteiger charge is -2.30. The Kier molecular flexibility index (Phi) is 6.17.